The molecule has 2 aromatic rings. The second-order valence-electron chi connectivity index (χ2n) is 5.06. The van der Waals surface area contributed by atoms with E-state index in [4.69, 9.17) is 4.74 Å². The Morgan fingerprint density at radius 3 is 2.35 bits per heavy atom. The highest BCUT2D eigenvalue weighted by atomic mass is 19.1. The van der Waals surface area contributed by atoms with Gasteiger partial charge in [0.2, 0.25) is 0 Å². The van der Waals surface area contributed by atoms with Gasteiger partial charge in [0.05, 0.1) is 7.11 Å². The van der Waals surface area contributed by atoms with Gasteiger partial charge in [-0.05, 0) is 55.2 Å². The van der Waals surface area contributed by atoms with Crippen molar-refractivity contribution in [2.24, 2.45) is 0 Å². The van der Waals surface area contributed by atoms with E-state index in [1.165, 1.54) is 0 Å². The van der Waals surface area contributed by atoms with Crippen molar-refractivity contribution in [3.05, 3.63) is 64.0 Å². The molecule has 1 atom stereocenters. The van der Waals surface area contributed by atoms with Crippen LogP contribution in [-0.2, 0) is 0 Å². The van der Waals surface area contributed by atoms with E-state index in [1.807, 2.05) is 26.0 Å². The first-order chi connectivity index (χ1) is 9.45. The molecule has 0 aliphatic rings. The van der Waals surface area contributed by atoms with E-state index in [-0.39, 0.29) is 5.82 Å². The Morgan fingerprint density at radius 1 is 1.00 bits per heavy atom. The number of aliphatic hydroxyl groups excluding tert-OH is 1. The lowest BCUT2D eigenvalue weighted by atomic mass is 9.94. The number of halogens is 1. The number of ether oxygens (including phenoxy) is 1. The number of hydrogen-bond acceptors (Lipinski definition) is 2. The predicted octanol–water partition coefficient (Wildman–Crippen LogP) is 3.84. The average molecular weight is 274 g/mol. The molecule has 0 radical (unpaired) electrons. The second-order valence-corrected chi connectivity index (χ2v) is 5.06. The SMILES string of the molecule is COc1cc(C)c(C(O)c2cccc(C)c2F)cc1C. The van der Waals surface area contributed by atoms with Crippen LogP contribution >= 0.6 is 0 Å². The largest absolute Gasteiger partial charge is 0.496 e. The van der Waals surface area contributed by atoms with E-state index in [1.54, 1.807) is 32.2 Å². The summed E-state index contributed by atoms with van der Waals surface area (Å²) in [6.07, 6.45) is -0.973. The molecule has 20 heavy (non-hydrogen) atoms. The average Bonchev–Trinajstić information content (AvgIpc) is 2.43. The van der Waals surface area contributed by atoms with E-state index in [0.717, 1.165) is 16.9 Å². The summed E-state index contributed by atoms with van der Waals surface area (Å²) in [6, 6.07) is 8.77. The van der Waals surface area contributed by atoms with Crippen LogP contribution in [0.2, 0.25) is 0 Å². The number of aryl methyl sites for hydroxylation is 3. The monoisotopic (exact) mass is 274 g/mol. The van der Waals surface area contributed by atoms with E-state index in [2.05, 4.69) is 0 Å². The zero-order valence-corrected chi connectivity index (χ0v) is 12.2. The van der Waals surface area contributed by atoms with Crippen molar-refractivity contribution in [3.63, 3.8) is 0 Å². The van der Waals surface area contributed by atoms with Gasteiger partial charge < -0.3 is 9.84 Å². The number of aliphatic hydroxyl groups is 1. The quantitative estimate of drug-likeness (QED) is 0.921. The first-order valence-electron chi connectivity index (χ1n) is 6.54. The maximum atomic E-state index is 14.1. The van der Waals surface area contributed by atoms with Crippen LogP contribution in [0.25, 0.3) is 0 Å². The number of rotatable bonds is 3. The van der Waals surface area contributed by atoms with Gasteiger partial charge in [0, 0.05) is 5.56 Å². The van der Waals surface area contributed by atoms with Crippen LogP contribution in [-0.4, -0.2) is 12.2 Å². The van der Waals surface area contributed by atoms with Gasteiger partial charge in [-0.1, -0.05) is 18.2 Å². The fourth-order valence-electron chi connectivity index (χ4n) is 2.38. The summed E-state index contributed by atoms with van der Waals surface area (Å²) >= 11 is 0. The highest BCUT2D eigenvalue weighted by Crippen LogP contribution is 2.31. The van der Waals surface area contributed by atoms with Gasteiger partial charge >= 0.3 is 0 Å². The molecule has 0 aliphatic heterocycles. The molecule has 2 aromatic carbocycles. The molecule has 0 heterocycles. The molecule has 0 saturated heterocycles. The van der Waals surface area contributed by atoms with Crippen LogP contribution in [0.15, 0.2) is 30.3 Å². The standard InChI is InChI=1S/C17H19FO2/c1-10-6-5-7-13(16(10)18)17(19)14-8-12(3)15(20-4)9-11(14)2/h5-9,17,19H,1-4H3. The molecule has 0 aliphatic carbocycles. The lowest BCUT2D eigenvalue weighted by molar-refractivity contribution is 0.213. The molecule has 1 N–H and O–H groups in total. The fourth-order valence-corrected chi connectivity index (χ4v) is 2.38. The summed E-state index contributed by atoms with van der Waals surface area (Å²) in [4.78, 5) is 0. The maximum absolute atomic E-state index is 14.1. The van der Waals surface area contributed by atoms with Crippen molar-refractivity contribution in [1.29, 1.82) is 0 Å². The van der Waals surface area contributed by atoms with E-state index in [9.17, 15) is 9.50 Å². The van der Waals surface area contributed by atoms with Crippen molar-refractivity contribution in [1.82, 2.24) is 0 Å². The molecule has 0 aromatic heterocycles. The van der Waals surface area contributed by atoms with E-state index >= 15 is 0 Å². The highest BCUT2D eigenvalue weighted by molar-refractivity contribution is 5.45. The summed E-state index contributed by atoms with van der Waals surface area (Å²) in [7, 11) is 1.61. The predicted molar refractivity (Wildman–Crippen MR) is 77.7 cm³/mol. The summed E-state index contributed by atoms with van der Waals surface area (Å²) in [6.45, 7) is 5.48. The maximum Gasteiger partial charge on any atom is 0.132 e. The Hall–Kier alpha value is -1.87. The lowest BCUT2D eigenvalue weighted by Crippen LogP contribution is -2.06. The number of methoxy groups -OCH3 is 1. The lowest BCUT2D eigenvalue weighted by Gasteiger charge is -2.18. The molecule has 1 unspecified atom stereocenters. The molecule has 0 saturated carbocycles. The number of benzene rings is 2. The van der Waals surface area contributed by atoms with Crippen molar-refractivity contribution in [2.45, 2.75) is 26.9 Å². The smallest absolute Gasteiger partial charge is 0.132 e. The third-order valence-corrected chi connectivity index (χ3v) is 3.59. The molecule has 106 valence electrons. The zero-order valence-electron chi connectivity index (χ0n) is 12.2. The highest BCUT2D eigenvalue weighted by Gasteiger charge is 2.19. The molecule has 2 nitrogen and oxygen atoms in total. The normalized spacial score (nSPS) is 12.3. The molecule has 0 fully saturated rings. The minimum atomic E-state index is -0.973. The molecule has 0 amide bonds. The second kappa shape index (κ2) is 5.63. The van der Waals surface area contributed by atoms with Crippen LogP contribution < -0.4 is 4.74 Å². The third-order valence-electron chi connectivity index (χ3n) is 3.59. The summed E-state index contributed by atoms with van der Waals surface area (Å²) in [5, 5.41) is 10.5. The van der Waals surface area contributed by atoms with Crippen LogP contribution in [0, 0.1) is 26.6 Å². The molecule has 3 heteroatoms. The van der Waals surface area contributed by atoms with Crippen molar-refractivity contribution >= 4 is 0 Å². The van der Waals surface area contributed by atoms with Gasteiger partial charge in [0.1, 0.15) is 17.7 Å². The topological polar surface area (TPSA) is 29.5 Å². The van der Waals surface area contributed by atoms with Gasteiger partial charge in [-0.15, -0.1) is 0 Å². The molecular weight excluding hydrogens is 255 g/mol. The first-order valence-corrected chi connectivity index (χ1v) is 6.54. The fraction of sp³-hybridized carbons (Fsp3) is 0.294. The van der Waals surface area contributed by atoms with Gasteiger partial charge in [-0.2, -0.15) is 0 Å². The first kappa shape index (κ1) is 14.5. The summed E-state index contributed by atoms with van der Waals surface area (Å²) < 4.78 is 19.4. The number of hydrogen-bond donors (Lipinski definition) is 1. The van der Waals surface area contributed by atoms with Crippen molar-refractivity contribution < 1.29 is 14.2 Å². The zero-order chi connectivity index (χ0) is 14.9. The van der Waals surface area contributed by atoms with Crippen LogP contribution in [0.1, 0.15) is 33.9 Å². The van der Waals surface area contributed by atoms with Crippen LogP contribution in [0.4, 0.5) is 4.39 Å². The van der Waals surface area contributed by atoms with Gasteiger partial charge in [0.25, 0.3) is 0 Å². The molecule has 0 spiro atoms. The van der Waals surface area contributed by atoms with Crippen molar-refractivity contribution in [3.8, 4) is 5.75 Å². The minimum Gasteiger partial charge on any atom is -0.496 e. The molecular formula is C17H19FO2. The summed E-state index contributed by atoms with van der Waals surface area (Å²) in [5.74, 6) is 0.413. The Kier molecular flexibility index (Phi) is 4.09. The van der Waals surface area contributed by atoms with Crippen LogP contribution in [0.5, 0.6) is 5.75 Å². The van der Waals surface area contributed by atoms with E-state index < -0.39 is 6.10 Å². The Labute approximate surface area is 118 Å². The Morgan fingerprint density at radius 2 is 1.70 bits per heavy atom. The summed E-state index contributed by atoms with van der Waals surface area (Å²) in [5.41, 5.74) is 3.33. The Balaban J connectivity index is 2.51. The molecule has 0 bridgehead atoms. The van der Waals surface area contributed by atoms with Gasteiger partial charge in [-0.25, -0.2) is 4.39 Å². The minimum absolute atomic E-state index is 0.303. The van der Waals surface area contributed by atoms with E-state index in [0.29, 0.717) is 16.7 Å². The van der Waals surface area contributed by atoms with Gasteiger partial charge in [0.15, 0.2) is 0 Å². The Bertz CT molecular complexity index is 635. The molecule has 2 rings (SSSR count). The van der Waals surface area contributed by atoms with Crippen LogP contribution in [0.3, 0.4) is 0 Å². The van der Waals surface area contributed by atoms with Crippen molar-refractivity contribution in [2.75, 3.05) is 7.11 Å². The third kappa shape index (κ3) is 2.54. The van der Waals surface area contributed by atoms with Gasteiger partial charge in [-0.3, -0.25) is 0 Å².